The second kappa shape index (κ2) is 7.71. The van der Waals surface area contributed by atoms with Crippen LogP contribution in [0.4, 0.5) is 0 Å². The molecule has 2 aliphatic heterocycles. The maximum Gasteiger partial charge on any atom is 0.286 e. The van der Waals surface area contributed by atoms with E-state index in [0.717, 1.165) is 11.1 Å². The zero-order chi connectivity index (χ0) is 19.5. The Labute approximate surface area is 167 Å². The molecule has 7 heteroatoms. The lowest BCUT2D eigenvalue weighted by molar-refractivity contribution is -0.0154. The van der Waals surface area contributed by atoms with E-state index < -0.39 is 12.6 Å². The van der Waals surface area contributed by atoms with Gasteiger partial charge in [-0.2, -0.15) is 0 Å². The third-order valence-corrected chi connectivity index (χ3v) is 4.51. The zero-order valence-corrected chi connectivity index (χ0v) is 15.4. The van der Waals surface area contributed by atoms with Crippen LogP contribution in [0.3, 0.4) is 0 Å². The van der Waals surface area contributed by atoms with Crippen LogP contribution in [0.15, 0.2) is 77.6 Å². The normalized spacial score (nSPS) is 20.1. The molecule has 0 radical (unpaired) electrons. The summed E-state index contributed by atoms with van der Waals surface area (Å²) in [6.45, 7) is 0. The lowest BCUT2D eigenvalue weighted by Crippen LogP contribution is -2.12. The number of benzene rings is 2. The van der Waals surface area contributed by atoms with Crippen LogP contribution in [0.25, 0.3) is 11.5 Å². The van der Waals surface area contributed by atoms with Crippen molar-refractivity contribution >= 4 is 11.5 Å². The molecule has 2 aliphatic rings. The van der Waals surface area contributed by atoms with E-state index in [1.165, 1.54) is 12.5 Å². The van der Waals surface area contributed by atoms with Crippen molar-refractivity contribution in [2.24, 2.45) is 0 Å². The quantitative estimate of drug-likeness (QED) is 0.632. The first-order valence-electron chi connectivity index (χ1n) is 9.30. The molecule has 3 heterocycles. The standard InChI is InChI=1S/C22H18N2O5/c1-3-7-15(8-4-1)11-19-25-13-17(27-19)21-23-24-22(29-21)18-14-26-20(28-18)12-16-9-5-2-6-10-16/h1-10,13-14,19-20H,11-12H2. The predicted octanol–water partition coefficient (Wildman–Crippen LogP) is 3.90. The number of rotatable bonds is 6. The molecule has 2 atom stereocenters. The Balaban J connectivity index is 1.18. The minimum absolute atomic E-state index is 0.228. The van der Waals surface area contributed by atoms with E-state index in [1.807, 2.05) is 60.7 Å². The van der Waals surface area contributed by atoms with Crippen molar-refractivity contribution < 1.29 is 23.4 Å². The molecule has 0 spiro atoms. The maximum atomic E-state index is 5.78. The van der Waals surface area contributed by atoms with E-state index in [-0.39, 0.29) is 11.8 Å². The number of ether oxygens (including phenoxy) is 4. The zero-order valence-electron chi connectivity index (χ0n) is 15.4. The molecule has 0 amide bonds. The van der Waals surface area contributed by atoms with Gasteiger partial charge in [0, 0.05) is 12.8 Å². The van der Waals surface area contributed by atoms with Gasteiger partial charge in [-0.1, -0.05) is 60.7 Å². The monoisotopic (exact) mass is 390 g/mol. The van der Waals surface area contributed by atoms with E-state index in [4.69, 9.17) is 23.4 Å². The van der Waals surface area contributed by atoms with Crippen molar-refractivity contribution in [3.05, 3.63) is 96.1 Å². The van der Waals surface area contributed by atoms with E-state index in [1.54, 1.807) is 0 Å². The second-order valence-electron chi connectivity index (χ2n) is 6.62. The molecule has 0 fully saturated rings. The highest BCUT2D eigenvalue weighted by Crippen LogP contribution is 2.29. The van der Waals surface area contributed by atoms with Crippen LogP contribution in [0, 0.1) is 0 Å². The average molecular weight is 390 g/mol. The molecule has 0 N–H and O–H groups in total. The molecule has 5 rings (SSSR count). The molecule has 0 aliphatic carbocycles. The highest BCUT2D eigenvalue weighted by atomic mass is 16.7. The van der Waals surface area contributed by atoms with Crippen LogP contribution in [0.5, 0.6) is 0 Å². The number of nitrogens with zero attached hydrogens (tertiary/aromatic N) is 2. The van der Waals surface area contributed by atoms with E-state index in [9.17, 15) is 0 Å². The molecule has 3 aromatic rings. The largest absolute Gasteiger partial charge is 0.458 e. The topological polar surface area (TPSA) is 75.8 Å². The van der Waals surface area contributed by atoms with Gasteiger partial charge in [0.05, 0.1) is 0 Å². The van der Waals surface area contributed by atoms with Crippen LogP contribution in [0.1, 0.15) is 22.9 Å². The molecule has 146 valence electrons. The summed E-state index contributed by atoms with van der Waals surface area (Å²) in [6, 6.07) is 19.9. The van der Waals surface area contributed by atoms with Gasteiger partial charge in [-0.25, -0.2) is 0 Å². The van der Waals surface area contributed by atoms with Crippen molar-refractivity contribution in [1.29, 1.82) is 0 Å². The van der Waals surface area contributed by atoms with Gasteiger partial charge < -0.3 is 23.4 Å². The number of hydrogen-bond donors (Lipinski definition) is 0. The van der Waals surface area contributed by atoms with Gasteiger partial charge in [-0.3, -0.25) is 0 Å². The Bertz CT molecular complexity index is 948. The van der Waals surface area contributed by atoms with Crippen LogP contribution in [0.2, 0.25) is 0 Å². The summed E-state index contributed by atoms with van der Waals surface area (Å²) < 4.78 is 28.4. The van der Waals surface area contributed by atoms with Crippen molar-refractivity contribution in [2.75, 3.05) is 0 Å². The predicted molar refractivity (Wildman–Crippen MR) is 102 cm³/mol. The van der Waals surface area contributed by atoms with Crippen molar-refractivity contribution in [3.63, 3.8) is 0 Å². The molecule has 2 aromatic carbocycles. The molecule has 7 nitrogen and oxygen atoms in total. The lowest BCUT2D eigenvalue weighted by Gasteiger charge is -2.11. The van der Waals surface area contributed by atoms with E-state index in [0.29, 0.717) is 24.4 Å². The summed E-state index contributed by atoms with van der Waals surface area (Å²) in [4.78, 5) is 0. The first-order chi connectivity index (χ1) is 14.3. The number of hydrogen-bond acceptors (Lipinski definition) is 7. The first-order valence-corrected chi connectivity index (χ1v) is 9.30. The molecule has 0 bridgehead atoms. The Morgan fingerprint density at radius 1 is 0.621 bits per heavy atom. The fourth-order valence-electron chi connectivity index (χ4n) is 3.09. The van der Waals surface area contributed by atoms with Gasteiger partial charge in [-0.15, -0.1) is 10.2 Å². The van der Waals surface area contributed by atoms with E-state index >= 15 is 0 Å². The molecule has 29 heavy (non-hydrogen) atoms. The third-order valence-electron chi connectivity index (χ3n) is 4.51. The minimum Gasteiger partial charge on any atom is -0.458 e. The maximum absolute atomic E-state index is 5.78. The smallest absolute Gasteiger partial charge is 0.286 e. The molecule has 0 saturated heterocycles. The van der Waals surface area contributed by atoms with Crippen molar-refractivity contribution in [2.45, 2.75) is 25.4 Å². The van der Waals surface area contributed by atoms with E-state index in [2.05, 4.69) is 10.2 Å². The summed E-state index contributed by atoms with van der Waals surface area (Å²) in [6.07, 6.45) is 3.36. The average Bonchev–Trinajstić information content (AvgIpc) is 3.50. The van der Waals surface area contributed by atoms with Gasteiger partial charge in [0.1, 0.15) is 12.5 Å². The van der Waals surface area contributed by atoms with Crippen LogP contribution >= 0.6 is 0 Å². The first kappa shape index (κ1) is 17.4. The molecule has 0 saturated carbocycles. The molecule has 2 unspecified atom stereocenters. The highest BCUT2D eigenvalue weighted by Gasteiger charge is 2.29. The summed E-state index contributed by atoms with van der Waals surface area (Å²) in [7, 11) is 0. The Morgan fingerprint density at radius 3 is 1.52 bits per heavy atom. The van der Waals surface area contributed by atoms with Gasteiger partial charge in [-0.05, 0) is 11.1 Å². The fraction of sp³-hybridized carbons (Fsp3) is 0.182. The van der Waals surface area contributed by atoms with Crippen LogP contribution in [-0.2, 0) is 31.8 Å². The summed E-state index contributed by atoms with van der Waals surface area (Å²) in [5.74, 6) is 1.24. The number of aromatic nitrogens is 2. The molecular formula is C22H18N2O5. The van der Waals surface area contributed by atoms with Crippen molar-refractivity contribution in [3.8, 4) is 0 Å². The van der Waals surface area contributed by atoms with Gasteiger partial charge >= 0.3 is 0 Å². The Morgan fingerprint density at radius 2 is 1.07 bits per heavy atom. The summed E-state index contributed by atoms with van der Waals surface area (Å²) in [5, 5.41) is 8.05. The fourth-order valence-corrected chi connectivity index (χ4v) is 3.09. The molecular weight excluding hydrogens is 372 g/mol. The SMILES string of the molecule is C1=C(c2nnc(C3=COC(Cc4ccccc4)O3)o2)OC(Cc2ccccc2)O1. The second-order valence-corrected chi connectivity index (χ2v) is 6.62. The molecule has 1 aromatic heterocycles. The Hall–Kier alpha value is -3.74. The van der Waals surface area contributed by atoms with Crippen molar-refractivity contribution in [1.82, 2.24) is 10.2 Å². The van der Waals surface area contributed by atoms with Gasteiger partial charge in [0.2, 0.25) is 24.1 Å². The minimum atomic E-state index is -0.428. The Kier molecular flexibility index (Phi) is 4.62. The van der Waals surface area contributed by atoms with Crippen LogP contribution in [-0.4, -0.2) is 22.8 Å². The summed E-state index contributed by atoms with van der Waals surface area (Å²) in [5.41, 5.74) is 2.23. The lowest BCUT2D eigenvalue weighted by atomic mass is 10.1. The van der Waals surface area contributed by atoms with Gasteiger partial charge in [0.25, 0.3) is 11.8 Å². The third kappa shape index (κ3) is 3.94. The van der Waals surface area contributed by atoms with Crippen LogP contribution < -0.4 is 0 Å². The highest BCUT2D eigenvalue weighted by molar-refractivity contribution is 5.55. The van der Waals surface area contributed by atoms with Gasteiger partial charge in [0.15, 0.2) is 0 Å². The summed E-state index contributed by atoms with van der Waals surface area (Å²) >= 11 is 0.